The van der Waals surface area contributed by atoms with Crippen LogP contribution >= 0.6 is 11.6 Å². The minimum atomic E-state index is 0.643. The van der Waals surface area contributed by atoms with Crippen LogP contribution in [0, 0.1) is 0 Å². The molecule has 94 valence electrons. The first-order valence-electron chi connectivity index (χ1n) is 5.61. The minimum Gasteiger partial charge on any atom is -0.497 e. The maximum Gasteiger partial charge on any atom is 0.120 e. The van der Waals surface area contributed by atoms with Gasteiger partial charge in [-0.2, -0.15) is 0 Å². The maximum absolute atomic E-state index is 6.14. The number of nitrogens with one attached hydrogen (secondary N) is 1. The summed E-state index contributed by atoms with van der Waals surface area (Å²) in [7, 11) is 1.62. The highest BCUT2D eigenvalue weighted by Crippen LogP contribution is 2.26. The van der Waals surface area contributed by atoms with Crippen LogP contribution in [0.3, 0.4) is 0 Å². The van der Waals surface area contributed by atoms with Crippen molar-refractivity contribution in [2.24, 2.45) is 0 Å². The Hall–Kier alpha value is -1.87. The van der Waals surface area contributed by atoms with Gasteiger partial charge in [0.2, 0.25) is 0 Å². The molecule has 0 saturated carbocycles. The summed E-state index contributed by atoms with van der Waals surface area (Å²) >= 11 is 6.14. The average molecular weight is 263 g/mol. The van der Waals surface area contributed by atoms with Gasteiger partial charge in [-0.15, -0.1) is 0 Å². The second kappa shape index (κ2) is 5.65. The lowest BCUT2D eigenvalue weighted by molar-refractivity contribution is 0.415. The van der Waals surface area contributed by atoms with Gasteiger partial charge >= 0.3 is 0 Å². The molecule has 0 radical (unpaired) electrons. The number of anilines is 2. The first-order chi connectivity index (χ1) is 8.69. The predicted molar refractivity (Wildman–Crippen MR) is 76.2 cm³/mol. The Bertz CT molecular complexity index is 526. The molecule has 0 atom stereocenters. The Balaban J connectivity index is 2.04. The molecule has 3 N–H and O–H groups in total. The van der Waals surface area contributed by atoms with E-state index in [0.717, 1.165) is 22.7 Å². The smallest absolute Gasteiger partial charge is 0.120 e. The number of benzene rings is 2. The summed E-state index contributed by atoms with van der Waals surface area (Å²) in [5, 5.41) is 3.92. The Morgan fingerprint density at radius 2 is 1.89 bits per heavy atom. The number of halogens is 1. The summed E-state index contributed by atoms with van der Waals surface area (Å²) in [6, 6.07) is 13.3. The molecule has 2 rings (SSSR count). The van der Waals surface area contributed by atoms with Gasteiger partial charge in [0, 0.05) is 18.3 Å². The van der Waals surface area contributed by atoms with Crippen molar-refractivity contribution >= 4 is 23.0 Å². The maximum atomic E-state index is 6.14. The lowest BCUT2D eigenvalue weighted by atomic mass is 10.2. The number of methoxy groups -OCH3 is 1. The van der Waals surface area contributed by atoms with Gasteiger partial charge in [0.05, 0.1) is 17.8 Å². The van der Waals surface area contributed by atoms with Crippen molar-refractivity contribution in [1.82, 2.24) is 0 Å². The fourth-order valence-corrected chi connectivity index (χ4v) is 1.84. The van der Waals surface area contributed by atoms with E-state index in [1.54, 1.807) is 13.2 Å². The van der Waals surface area contributed by atoms with E-state index >= 15 is 0 Å². The Kier molecular flexibility index (Phi) is 3.95. The van der Waals surface area contributed by atoms with Crippen LogP contribution in [0.1, 0.15) is 5.56 Å². The molecule has 2 aromatic rings. The number of nitrogens with two attached hydrogens (primary N) is 1. The molecule has 0 aromatic heterocycles. The SMILES string of the molecule is COc1ccc(NCc2ccc(N)cc2)c(Cl)c1. The van der Waals surface area contributed by atoms with E-state index in [2.05, 4.69) is 5.32 Å². The second-order valence-corrected chi connectivity index (χ2v) is 4.35. The Labute approximate surface area is 112 Å². The van der Waals surface area contributed by atoms with Crippen molar-refractivity contribution in [3.05, 3.63) is 53.1 Å². The molecule has 0 spiro atoms. The summed E-state index contributed by atoms with van der Waals surface area (Å²) in [6.07, 6.45) is 0. The molecular weight excluding hydrogens is 248 g/mol. The van der Waals surface area contributed by atoms with Crippen LogP contribution in [0.25, 0.3) is 0 Å². The van der Waals surface area contributed by atoms with Gasteiger partial charge in [-0.3, -0.25) is 0 Å². The summed E-state index contributed by atoms with van der Waals surface area (Å²) in [6.45, 7) is 0.701. The van der Waals surface area contributed by atoms with Crippen molar-refractivity contribution < 1.29 is 4.74 Å². The van der Waals surface area contributed by atoms with E-state index in [0.29, 0.717) is 11.6 Å². The molecule has 4 heteroatoms. The zero-order valence-electron chi connectivity index (χ0n) is 10.1. The number of nitrogen functional groups attached to an aromatic ring is 1. The zero-order valence-corrected chi connectivity index (χ0v) is 10.9. The van der Waals surface area contributed by atoms with Crippen LogP contribution in [0.2, 0.25) is 5.02 Å². The third-order valence-electron chi connectivity index (χ3n) is 2.64. The van der Waals surface area contributed by atoms with Crippen molar-refractivity contribution in [3.8, 4) is 5.75 Å². The van der Waals surface area contributed by atoms with Crippen LogP contribution in [-0.2, 0) is 6.54 Å². The molecule has 0 aliphatic rings. The van der Waals surface area contributed by atoms with Crippen molar-refractivity contribution in [3.63, 3.8) is 0 Å². The van der Waals surface area contributed by atoms with Crippen LogP contribution in [0.4, 0.5) is 11.4 Å². The fraction of sp³-hybridized carbons (Fsp3) is 0.143. The number of hydrogen-bond acceptors (Lipinski definition) is 3. The lowest BCUT2D eigenvalue weighted by Gasteiger charge is -2.10. The van der Waals surface area contributed by atoms with E-state index in [1.807, 2.05) is 36.4 Å². The summed E-state index contributed by atoms with van der Waals surface area (Å²) in [4.78, 5) is 0. The molecule has 0 heterocycles. The van der Waals surface area contributed by atoms with Gasteiger partial charge < -0.3 is 15.8 Å². The topological polar surface area (TPSA) is 47.3 Å². The molecule has 3 nitrogen and oxygen atoms in total. The number of rotatable bonds is 4. The van der Waals surface area contributed by atoms with Crippen molar-refractivity contribution in [1.29, 1.82) is 0 Å². The predicted octanol–water partition coefficient (Wildman–Crippen LogP) is 3.54. The number of ether oxygens (including phenoxy) is 1. The summed E-state index contributed by atoms with van der Waals surface area (Å²) < 4.78 is 5.10. The highest BCUT2D eigenvalue weighted by atomic mass is 35.5. The van der Waals surface area contributed by atoms with Crippen molar-refractivity contribution in [2.75, 3.05) is 18.2 Å². The van der Waals surface area contributed by atoms with E-state index in [4.69, 9.17) is 22.1 Å². The number of hydrogen-bond donors (Lipinski definition) is 2. The molecule has 18 heavy (non-hydrogen) atoms. The largest absolute Gasteiger partial charge is 0.497 e. The molecular formula is C14H15ClN2O. The van der Waals surface area contributed by atoms with Gasteiger partial charge in [-0.1, -0.05) is 23.7 Å². The average Bonchev–Trinajstić information content (AvgIpc) is 2.39. The van der Waals surface area contributed by atoms with E-state index in [-0.39, 0.29) is 0 Å². The zero-order chi connectivity index (χ0) is 13.0. The third-order valence-corrected chi connectivity index (χ3v) is 2.95. The minimum absolute atomic E-state index is 0.643. The molecule has 0 unspecified atom stereocenters. The standard InChI is InChI=1S/C14H15ClN2O/c1-18-12-6-7-14(13(15)8-12)17-9-10-2-4-11(16)5-3-10/h2-8,17H,9,16H2,1H3. The Morgan fingerprint density at radius 1 is 1.17 bits per heavy atom. The normalized spacial score (nSPS) is 10.1. The molecule has 0 saturated heterocycles. The van der Waals surface area contributed by atoms with E-state index < -0.39 is 0 Å². The molecule has 2 aromatic carbocycles. The van der Waals surface area contributed by atoms with Gasteiger partial charge in [0.1, 0.15) is 5.75 Å². The van der Waals surface area contributed by atoms with Crippen molar-refractivity contribution in [2.45, 2.75) is 6.54 Å². The molecule has 0 amide bonds. The summed E-state index contributed by atoms with van der Waals surface area (Å²) in [5.74, 6) is 0.748. The monoisotopic (exact) mass is 262 g/mol. The first kappa shape index (κ1) is 12.6. The van der Waals surface area contributed by atoms with Gasteiger partial charge in [0.25, 0.3) is 0 Å². The van der Waals surface area contributed by atoms with Crippen LogP contribution in [0.15, 0.2) is 42.5 Å². The molecule has 0 aliphatic carbocycles. The fourth-order valence-electron chi connectivity index (χ4n) is 1.60. The van der Waals surface area contributed by atoms with Crippen LogP contribution in [-0.4, -0.2) is 7.11 Å². The Morgan fingerprint density at radius 3 is 2.50 bits per heavy atom. The lowest BCUT2D eigenvalue weighted by Crippen LogP contribution is -2.00. The second-order valence-electron chi connectivity index (χ2n) is 3.94. The van der Waals surface area contributed by atoms with E-state index in [1.165, 1.54) is 0 Å². The quantitative estimate of drug-likeness (QED) is 0.829. The van der Waals surface area contributed by atoms with Crippen LogP contribution in [0.5, 0.6) is 5.75 Å². The third kappa shape index (κ3) is 3.08. The molecule has 0 bridgehead atoms. The van der Waals surface area contributed by atoms with Crippen LogP contribution < -0.4 is 15.8 Å². The summed E-state index contributed by atoms with van der Waals surface area (Å²) in [5.41, 5.74) is 8.43. The van der Waals surface area contributed by atoms with Gasteiger partial charge in [-0.05, 0) is 29.8 Å². The highest BCUT2D eigenvalue weighted by molar-refractivity contribution is 6.33. The van der Waals surface area contributed by atoms with E-state index in [9.17, 15) is 0 Å². The molecule has 0 aliphatic heterocycles. The van der Waals surface area contributed by atoms with Gasteiger partial charge in [-0.25, -0.2) is 0 Å². The molecule has 0 fully saturated rings. The highest BCUT2D eigenvalue weighted by Gasteiger charge is 2.02. The first-order valence-corrected chi connectivity index (χ1v) is 5.98. The van der Waals surface area contributed by atoms with Gasteiger partial charge in [0.15, 0.2) is 0 Å².